The van der Waals surface area contributed by atoms with Crippen LogP contribution in [0.15, 0.2) is 24.7 Å². The maximum absolute atomic E-state index is 11.9. The Kier molecular flexibility index (Phi) is 3.06. The maximum atomic E-state index is 11.9. The van der Waals surface area contributed by atoms with Gasteiger partial charge in [0.2, 0.25) is 0 Å². The number of hydrogen-bond donors (Lipinski definition) is 2. The van der Waals surface area contributed by atoms with Crippen molar-refractivity contribution in [2.45, 2.75) is 13.8 Å². The molecule has 0 spiro atoms. The fraction of sp³-hybridized carbons (Fsp3) is 0.231. The van der Waals surface area contributed by atoms with Crippen molar-refractivity contribution in [1.82, 2.24) is 9.55 Å². The van der Waals surface area contributed by atoms with E-state index in [0.29, 0.717) is 17.1 Å². The van der Waals surface area contributed by atoms with Crippen molar-refractivity contribution in [1.29, 1.82) is 0 Å². The SMILES string of the molecule is Cc1cc(C)c(NC(=O)c2cn(C)cn2)cc1N. The van der Waals surface area contributed by atoms with Crippen LogP contribution in [-0.2, 0) is 7.05 Å². The summed E-state index contributed by atoms with van der Waals surface area (Å²) in [5, 5.41) is 2.81. The molecular formula is C13H16N4O. The molecule has 0 saturated carbocycles. The van der Waals surface area contributed by atoms with Crippen LogP contribution in [-0.4, -0.2) is 15.5 Å². The molecule has 0 aliphatic carbocycles. The Hall–Kier alpha value is -2.30. The molecule has 94 valence electrons. The van der Waals surface area contributed by atoms with Crippen molar-refractivity contribution in [2.75, 3.05) is 11.1 Å². The van der Waals surface area contributed by atoms with Gasteiger partial charge in [-0.15, -0.1) is 0 Å². The summed E-state index contributed by atoms with van der Waals surface area (Å²) < 4.78 is 1.73. The molecule has 2 rings (SSSR count). The Bertz CT molecular complexity index is 601. The number of nitrogens with two attached hydrogens (primary N) is 1. The monoisotopic (exact) mass is 244 g/mol. The topological polar surface area (TPSA) is 72.9 Å². The first-order valence-electron chi connectivity index (χ1n) is 5.63. The van der Waals surface area contributed by atoms with Crippen molar-refractivity contribution >= 4 is 17.3 Å². The number of amides is 1. The first-order chi connectivity index (χ1) is 8.47. The summed E-state index contributed by atoms with van der Waals surface area (Å²) in [6.07, 6.45) is 3.26. The predicted molar refractivity (Wildman–Crippen MR) is 71.5 cm³/mol. The fourth-order valence-corrected chi connectivity index (χ4v) is 1.72. The summed E-state index contributed by atoms with van der Waals surface area (Å²) in [6.45, 7) is 3.87. The lowest BCUT2D eigenvalue weighted by molar-refractivity contribution is 0.102. The Morgan fingerprint density at radius 3 is 2.67 bits per heavy atom. The van der Waals surface area contributed by atoms with Crippen LogP contribution in [0.3, 0.4) is 0 Å². The number of imidazole rings is 1. The van der Waals surface area contributed by atoms with E-state index >= 15 is 0 Å². The van der Waals surface area contributed by atoms with Gasteiger partial charge in [0.15, 0.2) is 0 Å². The van der Waals surface area contributed by atoms with E-state index in [-0.39, 0.29) is 5.91 Å². The molecule has 1 amide bonds. The molecule has 0 atom stereocenters. The number of aryl methyl sites for hydroxylation is 3. The number of rotatable bonds is 2. The highest BCUT2D eigenvalue weighted by molar-refractivity contribution is 6.03. The van der Waals surface area contributed by atoms with Gasteiger partial charge < -0.3 is 15.6 Å². The van der Waals surface area contributed by atoms with E-state index in [9.17, 15) is 4.79 Å². The molecule has 3 N–H and O–H groups in total. The minimum absolute atomic E-state index is 0.234. The van der Waals surface area contributed by atoms with E-state index < -0.39 is 0 Å². The van der Waals surface area contributed by atoms with Crippen LogP contribution in [0.2, 0.25) is 0 Å². The second kappa shape index (κ2) is 4.52. The molecule has 0 unspecified atom stereocenters. The summed E-state index contributed by atoms with van der Waals surface area (Å²) in [5.41, 5.74) is 9.58. The van der Waals surface area contributed by atoms with Gasteiger partial charge in [-0.2, -0.15) is 0 Å². The van der Waals surface area contributed by atoms with E-state index in [0.717, 1.165) is 11.1 Å². The second-order valence-electron chi connectivity index (χ2n) is 4.40. The minimum Gasteiger partial charge on any atom is -0.398 e. The Morgan fingerprint density at radius 1 is 1.33 bits per heavy atom. The molecule has 1 aromatic carbocycles. The smallest absolute Gasteiger partial charge is 0.275 e. The third-order valence-corrected chi connectivity index (χ3v) is 2.80. The highest BCUT2D eigenvalue weighted by Crippen LogP contribution is 2.22. The zero-order valence-electron chi connectivity index (χ0n) is 10.7. The van der Waals surface area contributed by atoms with Gasteiger partial charge in [0, 0.05) is 24.6 Å². The Morgan fingerprint density at radius 2 is 2.06 bits per heavy atom. The normalized spacial score (nSPS) is 10.4. The largest absolute Gasteiger partial charge is 0.398 e. The lowest BCUT2D eigenvalue weighted by Gasteiger charge is -2.10. The number of nitrogens with zero attached hydrogens (tertiary/aromatic N) is 2. The average Bonchev–Trinajstić information content (AvgIpc) is 2.73. The number of anilines is 2. The summed E-state index contributed by atoms with van der Waals surface area (Å²) in [6, 6.07) is 3.72. The van der Waals surface area contributed by atoms with Crippen LogP contribution in [0.4, 0.5) is 11.4 Å². The van der Waals surface area contributed by atoms with Gasteiger partial charge in [-0.05, 0) is 31.0 Å². The van der Waals surface area contributed by atoms with Crippen LogP contribution in [0.5, 0.6) is 0 Å². The second-order valence-corrected chi connectivity index (χ2v) is 4.40. The van der Waals surface area contributed by atoms with Crippen LogP contribution in [0.25, 0.3) is 0 Å². The summed E-state index contributed by atoms with van der Waals surface area (Å²) in [4.78, 5) is 15.9. The first kappa shape index (κ1) is 12.2. The molecule has 5 heteroatoms. The van der Waals surface area contributed by atoms with Crippen LogP contribution in [0, 0.1) is 13.8 Å². The number of hydrogen-bond acceptors (Lipinski definition) is 3. The van der Waals surface area contributed by atoms with E-state index in [2.05, 4.69) is 10.3 Å². The van der Waals surface area contributed by atoms with Gasteiger partial charge in [-0.1, -0.05) is 6.07 Å². The van der Waals surface area contributed by atoms with E-state index in [1.165, 1.54) is 0 Å². The molecule has 0 saturated heterocycles. The van der Waals surface area contributed by atoms with Gasteiger partial charge in [-0.3, -0.25) is 4.79 Å². The predicted octanol–water partition coefficient (Wildman–Crippen LogP) is 1.87. The van der Waals surface area contributed by atoms with E-state index in [1.54, 1.807) is 23.2 Å². The number of aromatic nitrogens is 2. The van der Waals surface area contributed by atoms with Crippen LogP contribution >= 0.6 is 0 Å². The van der Waals surface area contributed by atoms with Gasteiger partial charge in [0.05, 0.1) is 6.33 Å². The van der Waals surface area contributed by atoms with Crippen molar-refractivity contribution in [3.63, 3.8) is 0 Å². The molecule has 1 aromatic heterocycles. The summed E-state index contributed by atoms with van der Waals surface area (Å²) in [7, 11) is 1.82. The number of nitrogens with one attached hydrogen (secondary N) is 1. The minimum atomic E-state index is -0.234. The molecule has 0 radical (unpaired) electrons. The van der Waals surface area contributed by atoms with E-state index in [4.69, 9.17) is 5.73 Å². The first-order valence-corrected chi connectivity index (χ1v) is 5.63. The molecule has 1 heterocycles. The zero-order valence-corrected chi connectivity index (χ0v) is 10.7. The van der Waals surface area contributed by atoms with Crippen molar-refractivity contribution in [3.8, 4) is 0 Å². The van der Waals surface area contributed by atoms with Gasteiger partial charge in [-0.25, -0.2) is 4.98 Å². The molecule has 0 bridgehead atoms. The molecule has 18 heavy (non-hydrogen) atoms. The highest BCUT2D eigenvalue weighted by Gasteiger charge is 2.11. The third-order valence-electron chi connectivity index (χ3n) is 2.80. The number of nitrogen functional groups attached to an aromatic ring is 1. The quantitative estimate of drug-likeness (QED) is 0.792. The molecule has 0 aliphatic heterocycles. The molecule has 0 aliphatic rings. The van der Waals surface area contributed by atoms with Crippen molar-refractivity contribution in [3.05, 3.63) is 41.5 Å². The Labute approximate surface area is 106 Å². The fourth-order valence-electron chi connectivity index (χ4n) is 1.72. The van der Waals surface area contributed by atoms with Crippen molar-refractivity contribution in [2.24, 2.45) is 7.05 Å². The average molecular weight is 244 g/mol. The van der Waals surface area contributed by atoms with Gasteiger partial charge >= 0.3 is 0 Å². The Balaban J connectivity index is 2.24. The molecular weight excluding hydrogens is 228 g/mol. The molecule has 2 aromatic rings. The molecule has 0 fully saturated rings. The van der Waals surface area contributed by atoms with E-state index in [1.807, 2.05) is 27.0 Å². The van der Waals surface area contributed by atoms with Crippen molar-refractivity contribution < 1.29 is 4.79 Å². The highest BCUT2D eigenvalue weighted by atomic mass is 16.1. The number of carbonyl (C=O) groups excluding carboxylic acids is 1. The van der Waals surface area contributed by atoms with Crippen LogP contribution < -0.4 is 11.1 Å². The summed E-state index contributed by atoms with van der Waals surface area (Å²) >= 11 is 0. The van der Waals surface area contributed by atoms with Gasteiger partial charge in [0.25, 0.3) is 5.91 Å². The number of carbonyl (C=O) groups is 1. The lowest BCUT2D eigenvalue weighted by Crippen LogP contribution is -2.13. The lowest BCUT2D eigenvalue weighted by atomic mass is 10.1. The van der Waals surface area contributed by atoms with Crippen LogP contribution in [0.1, 0.15) is 21.6 Å². The maximum Gasteiger partial charge on any atom is 0.275 e. The third kappa shape index (κ3) is 2.34. The number of benzene rings is 1. The van der Waals surface area contributed by atoms with Gasteiger partial charge in [0.1, 0.15) is 5.69 Å². The summed E-state index contributed by atoms with van der Waals surface area (Å²) in [5.74, 6) is -0.234. The molecule has 5 nitrogen and oxygen atoms in total. The standard InChI is InChI=1S/C13H16N4O/c1-8-4-9(2)11(5-10(8)14)16-13(18)12-6-17(3)7-15-12/h4-7H,14H2,1-3H3,(H,16,18). The zero-order chi connectivity index (χ0) is 13.3.